The molecule has 0 spiro atoms. The molecule has 0 amide bonds. The first-order valence-electron chi connectivity index (χ1n) is 23.6. The van der Waals surface area contributed by atoms with E-state index in [0.717, 1.165) is 22.3 Å². The molecule has 53 heavy (non-hydrogen) atoms. The highest BCUT2D eigenvalue weighted by Gasteiger charge is 2.19. The zero-order valence-corrected chi connectivity index (χ0v) is 28.0. The number of hydrogen-bond donors (Lipinski definition) is 0. The van der Waals surface area contributed by atoms with E-state index >= 15 is 0 Å². The van der Waals surface area contributed by atoms with Crippen LogP contribution in [-0.4, -0.2) is 9.55 Å². The Morgan fingerprint density at radius 3 is 1.42 bits per heavy atom. The van der Waals surface area contributed by atoms with Crippen LogP contribution in [0.4, 0.5) is 0 Å². The molecule has 248 valence electrons. The van der Waals surface area contributed by atoms with Crippen molar-refractivity contribution in [1.29, 1.82) is 0 Å². The third-order valence-corrected chi connectivity index (χ3v) is 9.51. The van der Waals surface area contributed by atoms with Gasteiger partial charge in [-0.05, 0) is 109 Å². The van der Waals surface area contributed by atoms with E-state index in [2.05, 4.69) is 0 Å². The number of fused-ring (bicyclic) bond motifs is 3. The summed E-state index contributed by atoms with van der Waals surface area (Å²) in [5.41, 5.74) is 5.97. The van der Waals surface area contributed by atoms with Gasteiger partial charge < -0.3 is 0 Å². The van der Waals surface area contributed by atoms with Gasteiger partial charge in [-0.15, -0.1) is 0 Å². The molecule has 1 heterocycles. The molecule has 9 aromatic carbocycles. The number of imidazole rings is 1. The van der Waals surface area contributed by atoms with Gasteiger partial charge in [-0.2, -0.15) is 0 Å². The molecular weight excluding hydrogens is 641 g/mol. The fraction of sp³-hybridized carbons (Fsp3) is 0. The second-order valence-corrected chi connectivity index (χ2v) is 12.6. The summed E-state index contributed by atoms with van der Waals surface area (Å²) in [6, 6.07) is 32.9. The normalized spacial score (nSPS) is 14.8. The van der Waals surface area contributed by atoms with Crippen LogP contribution in [-0.2, 0) is 0 Å². The Hall–Kier alpha value is -7.03. The van der Waals surface area contributed by atoms with E-state index in [0.29, 0.717) is 27.8 Å². The van der Waals surface area contributed by atoms with E-state index in [-0.39, 0.29) is 56.1 Å². The maximum atomic E-state index is 9.53. The van der Waals surface area contributed by atoms with Crippen LogP contribution in [0.3, 0.4) is 0 Å². The zero-order valence-electron chi connectivity index (χ0n) is 41.0. The molecule has 2 nitrogen and oxygen atoms in total. The lowest BCUT2D eigenvalue weighted by molar-refractivity contribution is 1.10. The molecule has 0 aliphatic carbocycles. The Bertz CT molecular complexity index is 3500. The number of hydrogen-bond acceptors (Lipinski definition) is 1. The number of rotatable bonds is 6. The first-order valence-corrected chi connectivity index (χ1v) is 17.1. The summed E-state index contributed by atoms with van der Waals surface area (Å²) in [5, 5.41) is 0.262. The SMILES string of the molecule is [2H]c1c([2H])c([2H])c(-c2nc3ccccc3n2-c2ccc(-c3c4c([2H])c([2H])c([2H])c([2H])c4c(-c4cc(-c5ccccc5)cc(-c5ccccc5)c4)c4c([2H])c([2H])c([2H])c([2H])c34)cc2)c([2H])c1[2H]. The molecule has 2 heteroatoms. The summed E-state index contributed by atoms with van der Waals surface area (Å²) in [6.45, 7) is 0. The van der Waals surface area contributed by atoms with E-state index in [1.807, 2.05) is 78.9 Å². The molecule has 0 aliphatic heterocycles. The Morgan fingerprint density at radius 1 is 0.377 bits per heavy atom. The summed E-state index contributed by atoms with van der Waals surface area (Å²) in [7, 11) is 0. The molecule has 0 saturated heterocycles. The fourth-order valence-corrected chi connectivity index (χ4v) is 7.16. The third-order valence-electron chi connectivity index (χ3n) is 9.51. The van der Waals surface area contributed by atoms with Gasteiger partial charge in [-0.25, -0.2) is 4.98 Å². The smallest absolute Gasteiger partial charge is 0.145 e. The molecule has 1 aromatic heterocycles. The molecule has 10 aromatic rings. The van der Waals surface area contributed by atoms with Gasteiger partial charge in [0, 0.05) is 11.3 Å². The highest BCUT2D eigenvalue weighted by atomic mass is 15.1. The summed E-state index contributed by atoms with van der Waals surface area (Å²) in [4.78, 5) is 4.75. The first kappa shape index (κ1) is 20.1. The molecule has 0 fully saturated rings. The van der Waals surface area contributed by atoms with E-state index in [9.17, 15) is 5.48 Å². The molecule has 0 saturated carbocycles. The molecule has 0 radical (unpaired) electrons. The Labute approximate surface area is 327 Å². The lowest BCUT2D eigenvalue weighted by Crippen LogP contribution is -1.98. The van der Waals surface area contributed by atoms with Gasteiger partial charge in [-0.3, -0.25) is 4.57 Å². The Balaban J connectivity index is 1.31. The average Bonchev–Trinajstić information content (AvgIpc) is 3.73. The first-order chi connectivity index (χ1) is 31.7. The predicted octanol–water partition coefficient (Wildman–Crippen LogP) is 13.7. The van der Waals surface area contributed by atoms with Crippen molar-refractivity contribution in [2.45, 2.75) is 0 Å². The second kappa shape index (κ2) is 12.9. The van der Waals surface area contributed by atoms with Crippen LogP contribution in [0.2, 0.25) is 0 Å². The average molecular weight is 688 g/mol. The van der Waals surface area contributed by atoms with Gasteiger partial charge >= 0.3 is 0 Å². The Morgan fingerprint density at radius 2 is 0.849 bits per heavy atom. The molecule has 0 N–H and O–H groups in total. The van der Waals surface area contributed by atoms with Gasteiger partial charge in [0.25, 0.3) is 0 Å². The van der Waals surface area contributed by atoms with Crippen molar-refractivity contribution in [1.82, 2.24) is 9.55 Å². The van der Waals surface area contributed by atoms with Gasteiger partial charge in [0.1, 0.15) is 5.82 Å². The molecule has 0 bridgehead atoms. The second-order valence-electron chi connectivity index (χ2n) is 12.6. The molecule has 0 unspecified atom stereocenters. The van der Waals surface area contributed by atoms with Crippen molar-refractivity contribution in [2.75, 3.05) is 0 Å². The van der Waals surface area contributed by atoms with E-state index in [1.54, 1.807) is 53.1 Å². The predicted molar refractivity (Wildman–Crippen MR) is 223 cm³/mol. The minimum Gasteiger partial charge on any atom is -0.292 e. The van der Waals surface area contributed by atoms with Crippen molar-refractivity contribution < 1.29 is 17.8 Å². The van der Waals surface area contributed by atoms with Gasteiger partial charge in [0.2, 0.25) is 0 Å². The fourth-order valence-electron chi connectivity index (χ4n) is 7.16. The molecule has 0 atom stereocenters. The summed E-state index contributed by atoms with van der Waals surface area (Å²) >= 11 is 0. The lowest BCUT2D eigenvalue weighted by Gasteiger charge is -2.19. The van der Waals surface area contributed by atoms with E-state index in [4.69, 9.17) is 17.3 Å². The highest BCUT2D eigenvalue weighted by molar-refractivity contribution is 6.21. The minimum atomic E-state index is -0.539. The van der Waals surface area contributed by atoms with E-state index in [1.165, 1.54) is 0 Å². The monoisotopic (exact) mass is 687 g/mol. The molecule has 0 aliphatic rings. The summed E-state index contributed by atoms with van der Waals surface area (Å²) in [6.07, 6.45) is 0. The van der Waals surface area contributed by atoms with Crippen LogP contribution < -0.4 is 0 Å². The van der Waals surface area contributed by atoms with Crippen molar-refractivity contribution in [3.63, 3.8) is 0 Å². The van der Waals surface area contributed by atoms with Gasteiger partial charge in [0.05, 0.1) is 28.9 Å². The van der Waals surface area contributed by atoms with Crippen LogP contribution in [0, 0.1) is 0 Å². The number of para-hydroxylation sites is 2. The van der Waals surface area contributed by atoms with Crippen molar-refractivity contribution >= 4 is 32.6 Å². The van der Waals surface area contributed by atoms with Crippen molar-refractivity contribution in [3.8, 4) is 61.6 Å². The van der Waals surface area contributed by atoms with Crippen LogP contribution >= 0.6 is 0 Å². The Kier molecular flexibility index (Phi) is 4.91. The van der Waals surface area contributed by atoms with Crippen LogP contribution in [0.1, 0.15) is 17.8 Å². The maximum Gasteiger partial charge on any atom is 0.145 e. The third kappa shape index (κ3) is 5.40. The molecular formula is C51H34N2. The van der Waals surface area contributed by atoms with Crippen molar-refractivity contribution in [3.05, 3.63) is 206 Å². The molecule has 10 rings (SSSR count). The van der Waals surface area contributed by atoms with Crippen LogP contribution in [0.15, 0.2) is 206 Å². The summed E-state index contributed by atoms with van der Waals surface area (Å²) in [5.74, 6) is 0.0945. The van der Waals surface area contributed by atoms with Gasteiger partial charge in [-0.1, -0.05) is 163 Å². The highest BCUT2D eigenvalue weighted by Crippen LogP contribution is 2.45. The minimum absolute atomic E-state index is 0.0561. The standard InChI is InChI=1S/C51H34N2/c1-4-16-35(17-5-1)39-32-40(36-18-6-2-7-19-36)34-41(33-39)50-45-24-12-10-22-43(45)49(44-23-11-13-25-46(44)50)37-28-30-42(31-29-37)53-48-27-15-14-26-47(48)52-51(53)38-20-8-3-9-21-38/h1-34H/i3D,8D,9D,10D,11D,12D,13D,20D,21D,22D,23D,24D,25D. The quantitative estimate of drug-likeness (QED) is 0.159. The summed E-state index contributed by atoms with van der Waals surface area (Å²) < 4.78 is 118. The number of benzene rings is 9. The maximum absolute atomic E-state index is 9.53. The van der Waals surface area contributed by atoms with Crippen LogP contribution in [0.5, 0.6) is 0 Å². The van der Waals surface area contributed by atoms with Crippen molar-refractivity contribution in [2.24, 2.45) is 0 Å². The number of nitrogens with zero attached hydrogens (tertiary/aromatic N) is 2. The number of aromatic nitrogens is 2. The zero-order chi connectivity index (χ0) is 46.5. The largest absolute Gasteiger partial charge is 0.292 e. The van der Waals surface area contributed by atoms with Gasteiger partial charge in [0.15, 0.2) is 0 Å². The van der Waals surface area contributed by atoms with E-state index < -0.39 is 66.5 Å². The van der Waals surface area contributed by atoms with Crippen LogP contribution in [0.25, 0.3) is 94.2 Å². The lowest BCUT2D eigenvalue weighted by atomic mass is 9.84. The topological polar surface area (TPSA) is 17.8 Å².